The largest absolute Gasteiger partial charge is 0.376 e. The summed E-state index contributed by atoms with van der Waals surface area (Å²) in [6.07, 6.45) is 2.32. The maximum absolute atomic E-state index is 5.87. The zero-order chi connectivity index (χ0) is 21.4. The number of aromatic nitrogens is 2. The van der Waals surface area contributed by atoms with E-state index in [0.717, 1.165) is 41.2 Å². The van der Waals surface area contributed by atoms with Crippen LogP contribution in [0.1, 0.15) is 42.8 Å². The van der Waals surface area contributed by atoms with Crippen molar-refractivity contribution >= 4 is 34.2 Å². The highest BCUT2D eigenvalue weighted by atomic mass is 32.1. The zero-order valence-corrected chi connectivity index (χ0v) is 19.1. The van der Waals surface area contributed by atoms with E-state index in [1.54, 1.807) is 11.3 Å². The van der Waals surface area contributed by atoms with E-state index in [9.17, 15) is 0 Å². The van der Waals surface area contributed by atoms with Gasteiger partial charge in [-0.1, -0.05) is 41.1 Å². The van der Waals surface area contributed by atoms with Gasteiger partial charge in [0.05, 0.1) is 29.1 Å². The summed E-state index contributed by atoms with van der Waals surface area (Å²) < 4.78 is 11.6. The second-order valence-electron chi connectivity index (χ2n) is 7.94. The van der Waals surface area contributed by atoms with Crippen LogP contribution in [0.2, 0.25) is 0 Å². The van der Waals surface area contributed by atoms with Gasteiger partial charge in [0.2, 0.25) is 5.82 Å². The highest BCUT2D eigenvalue weighted by molar-refractivity contribution is 7.80. The molecule has 2 atom stereocenters. The average molecular weight is 453 g/mol. The molecule has 160 valence electrons. The van der Waals surface area contributed by atoms with Crippen LogP contribution in [0.15, 0.2) is 52.0 Å². The van der Waals surface area contributed by atoms with Gasteiger partial charge in [-0.3, -0.25) is 0 Å². The van der Waals surface area contributed by atoms with E-state index in [1.165, 1.54) is 5.56 Å². The molecule has 0 aliphatic carbocycles. The SMILES string of the molecule is CC1=C(c2nc(-c3cccs3)no2)C(c2ccc(C)cc2)NC(=S)N1CC1CCCO1. The van der Waals surface area contributed by atoms with E-state index in [4.69, 9.17) is 26.5 Å². The Morgan fingerprint density at radius 2 is 2.06 bits per heavy atom. The molecular formula is C23H24N4O2S2. The molecule has 1 N–H and O–H groups in total. The number of thiophene rings is 1. The summed E-state index contributed by atoms with van der Waals surface area (Å²) in [5, 5.41) is 10.5. The first kappa shape index (κ1) is 20.4. The number of hydrogen-bond acceptors (Lipinski definition) is 6. The van der Waals surface area contributed by atoms with Gasteiger partial charge in [-0.25, -0.2) is 0 Å². The summed E-state index contributed by atoms with van der Waals surface area (Å²) in [6.45, 7) is 5.69. The van der Waals surface area contributed by atoms with E-state index in [2.05, 4.69) is 53.5 Å². The first-order chi connectivity index (χ1) is 15.1. The number of benzene rings is 1. The highest BCUT2D eigenvalue weighted by Crippen LogP contribution is 2.38. The van der Waals surface area contributed by atoms with E-state index in [0.29, 0.717) is 23.4 Å². The van der Waals surface area contributed by atoms with Crippen molar-refractivity contribution in [1.82, 2.24) is 20.4 Å². The van der Waals surface area contributed by atoms with Crippen molar-refractivity contribution in [2.24, 2.45) is 0 Å². The van der Waals surface area contributed by atoms with E-state index in [-0.39, 0.29) is 12.1 Å². The number of hydrogen-bond donors (Lipinski definition) is 1. The Morgan fingerprint density at radius 3 is 2.77 bits per heavy atom. The number of nitrogens with one attached hydrogen (secondary N) is 1. The number of thiocarbonyl (C=S) groups is 1. The number of allylic oxidation sites excluding steroid dienone is 1. The fraction of sp³-hybridized carbons (Fsp3) is 0.348. The topological polar surface area (TPSA) is 63.4 Å². The molecule has 2 unspecified atom stereocenters. The van der Waals surface area contributed by atoms with E-state index in [1.807, 2.05) is 17.5 Å². The van der Waals surface area contributed by atoms with Crippen LogP contribution < -0.4 is 5.32 Å². The molecule has 2 aromatic heterocycles. The van der Waals surface area contributed by atoms with Gasteiger partial charge in [0.25, 0.3) is 5.89 Å². The van der Waals surface area contributed by atoms with Gasteiger partial charge in [-0.15, -0.1) is 11.3 Å². The molecule has 6 nitrogen and oxygen atoms in total. The molecule has 0 amide bonds. The summed E-state index contributed by atoms with van der Waals surface area (Å²) in [5.41, 5.74) is 4.29. The van der Waals surface area contributed by atoms with Gasteiger partial charge >= 0.3 is 0 Å². The van der Waals surface area contributed by atoms with Crippen molar-refractivity contribution in [3.63, 3.8) is 0 Å². The maximum atomic E-state index is 5.87. The Kier molecular flexibility index (Phi) is 5.60. The third-order valence-corrected chi connectivity index (χ3v) is 7.02. The minimum atomic E-state index is -0.162. The van der Waals surface area contributed by atoms with Crippen LogP contribution in [-0.4, -0.2) is 39.4 Å². The molecule has 0 bridgehead atoms. The van der Waals surface area contributed by atoms with Gasteiger partial charge in [0.15, 0.2) is 5.11 Å². The molecule has 3 aromatic rings. The van der Waals surface area contributed by atoms with Crippen LogP contribution in [0.4, 0.5) is 0 Å². The van der Waals surface area contributed by atoms with Crippen molar-refractivity contribution in [2.45, 2.75) is 38.8 Å². The molecule has 31 heavy (non-hydrogen) atoms. The third-order valence-electron chi connectivity index (χ3n) is 5.82. The van der Waals surface area contributed by atoms with Gasteiger partial charge in [0, 0.05) is 12.3 Å². The van der Waals surface area contributed by atoms with Crippen LogP contribution >= 0.6 is 23.6 Å². The standard InChI is InChI=1S/C23H24N4O2S2/c1-14-7-9-16(10-8-14)20-19(22-25-21(26-29-22)18-6-4-12-31-18)15(2)27(23(30)24-20)13-17-5-3-11-28-17/h4,6-10,12,17,20H,3,5,11,13H2,1-2H3,(H,24,30). The van der Waals surface area contributed by atoms with Gasteiger partial charge in [-0.05, 0) is 55.9 Å². The molecular weight excluding hydrogens is 428 g/mol. The van der Waals surface area contributed by atoms with Crippen molar-refractivity contribution in [1.29, 1.82) is 0 Å². The lowest BCUT2D eigenvalue weighted by Gasteiger charge is -2.38. The third kappa shape index (κ3) is 4.03. The molecule has 4 heterocycles. The minimum absolute atomic E-state index is 0.162. The lowest BCUT2D eigenvalue weighted by molar-refractivity contribution is 0.0962. The van der Waals surface area contributed by atoms with Crippen LogP contribution in [0.3, 0.4) is 0 Å². The minimum Gasteiger partial charge on any atom is -0.376 e. The quantitative estimate of drug-likeness (QED) is 0.550. The Labute approximate surface area is 190 Å². The number of rotatable bonds is 5. The van der Waals surface area contributed by atoms with Crippen LogP contribution in [0.25, 0.3) is 16.3 Å². The fourth-order valence-electron chi connectivity index (χ4n) is 4.12. The van der Waals surface area contributed by atoms with Gasteiger partial charge in [0.1, 0.15) is 0 Å². The Balaban J connectivity index is 1.57. The summed E-state index contributed by atoms with van der Waals surface area (Å²) >= 11 is 7.37. The Bertz CT molecular complexity index is 1100. The van der Waals surface area contributed by atoms with Crippen molar-refractivity contribution in [2.75, 3.05) is 13.2 Å². The summed E-state index contributed by atoms with van der Waals surface area (Å²) in [5.74, 6) is 1.12. The zero-order valence-electron chi connectivity index (χ0n) is 17.5. The molecule has 0 radical (unpaired) electrons. The fourth-order valence-corrected chi connectivity index (χ4v) is 5.10. The molecule has 8 heteroatoms. The Morgan fingerprint density at radius 1 is 1.23 bits per heavy atom. The van der Waals surface area contributed by atoms with Crippen molar-refractivity contribution in [3.8, 4) is 10.7 Å². The van der Waals surface area contributed by atoms with Crippen LogP contribution in [0, 0.1) is 6.92 Å². The summed E-state index contributed by atoms with van der Waals surface area (Å²) in [6, 6.07) is 12.3. The van der Waals surface area contributed by atoms with Crippen LogP contribution in [-0.2, 0) is 4.74 Å². The second kappa shape index (κ2) is 8.53. The lowest BCUT2D eigenvalue weighted by atomic mass is 9.94. The predicted molar refractivity (Wildman–Crippen MR) is 126 cm³/mol. The molecule has 2 aliphatic heterocycles. The number of ether oxygens (including phenoxy) is 1. The van der Waals surface area contributed by atoms with Crippen molar-refractivity contribution in [3.05, 3.63) is 64.5 Å². The lowest BCUT2D eigenvalue weighted by Crippen LogP contribution is -2.48. The number of nitrogens with zero attached hydrogens (tertiary/aromatic N) is 3. The average Bonchev–Trinajstić information content (AvgIpc) is 3.54. The van der Waals surface area contributed by atoms with E-state index < -0.39 is 0 Å². The Hall–Kier alpha value is -2.55. The number of aryl methyl sites for hydroxylation is 1. The predicted octanol–water partition coefficient (Wildman–Crippen LogP) is 4.95. The molecule has 0 spiro atoms. The van der Waals surface area contributed by atoms with Gasteiger partial charge in [-0.2, -0.15) is 4.98 Å². The molecule has 1 aromatic carbocycles. The van der Waals surface area contributed by atoms with Gasteiger partial charge < -0.3 is 19.5 Å². The first-order valence-electron chi connectivity index (χ1n) is 10.4. The highest BCUT2D eigenvalue weighted by Gasteiger charge is 2.35. The summed E-state index contributed by atoms with van der Waals surface area (Å²) in [7, 11) is 0. The molecule has 1 saturated heterocycles. The maximum Gasteiger partial charge on any atom is 0.258 e. The second-order valence-corrected chi connectivity index (χ2v) is 9.27. The monoisotopic (exact) mass is 452 g/mol. The smallest absolute Gasteiger partial charge is 0.258 e. The van der Waals surface area contributed by atoms with Crippen molar-refractivity contribution < 1.29 is 9.26 Å². The molecule has 1 fully saturated rings. The van der Waals surface area contributed by atoms with E-state index >= 15 is 0 Å². The first-order valence-corrected chi connectivity index (χ1v) is 11.7. The molecule has 2 aliphatic rings. The molecule has 5 rings (SSSR count). The summed E-state index contributed by atoms with van der Waals surface area (Å²) in [4.78, 5) is 7.84. The normalized spacial score (nSPS) is 21.6. The van der Waals surface area contributed by atoms with Crippen LogP contribution in [0.5, 0.6) is 0 Å². The molecule has 0 saturated carbocycles.